The number of hydrogen-bond donors (Lipinski definition) is 1. The van der Waals surface area contributed by atoms with E-state index in [4.69, 9.17) is 4.52 Å². The topological polar surface area (TPSA) is 93.8 Å². The number of H-pyrrole nitrogens is 1. The van der Waals surface area contributed by atoms with Crippen LogP contribution in [-0.2, 0) is 6.54 Å². The van der Waals surface area contributed by atoms with E-state index in [0.29, 0.717) is 28.2 Å². The number of hydrogen-bond acceptors (Lipinski definition) is 5. The monoisotopic (exact) mass is 474 g/mol. The highest BCUT2D eigenvalue weighted by molar-refractivity contribution is 9.10. The summed E-state index contributed by atoms with van der Waals surface area (Å²) in [6, 6.07) is 22.0. The number of halogens is 1. The van der Waals surface area contributed by atoms with E-state index in [1.165, 1.54) is 4.57 Å². The SMILES string of the molecule is O=c1[nH]c2cc(-c3nc(-c4cccc(Br)c4)no3)ccc2c(=O)n1Cc1ccccc1. The van der Waals surface area contributed by atoms with Crippen molar-refractivity contribution in [2.45, 2.75) is 6.54 Å². The van der Waals surface area contributed by atoms with Crippen LogP contribution in [0, 0.1) is 0 Å². The molecule has 0 atom stereocenters. The fourth-order valence-corrected chi connectivity index (χ4v) is 3.78. The fraction of sp³-hybridized carbons (Fsp3) is 0.0435. The van der Waals surface area contributed by atoms with E-state index >= 15 is 0 Å². The second-order valence-corrected chi connectivity index (χ2v) is 7.92. The molecule has 0 saturated carbocycles. The number of fused-ring (bicyclic) bond motifs is 1. The van der Waals surface area contributed by atoms with Crippen LogP contribution in [0.1, 0.15) is 5.56 Å². The first-order valence-electron chi connectivity index (χ1n) is 9.49. The largest absolute Gasteiger partial charge is 0.334 e. The lowest BCUT2D eigenvalue weighted by Gasteiger charge is -2.07. The molecule has 0 saturated heterocycles. The predicted molar refractivity (Wildman–Crippen MR) is 121 cm³/mol. The summed E-state index contributed by atoms with van der Waals surface area (Å²) in [6.45, 7) is 0.201. The molecular weight excluding hydrogens is 460 g/mol. The Morgan fingerprint density at radius 2 is 1.77 bits per heavy atom. The quantitative estimate of drug-likeness (QED) is 0.420. The minimum atomic E-state index is -0.473. The number of nitrogens with zero attached hydrogens (tertiary/aromatic N) is 3. The Morgan fingerprint density at radius 1 is 0.935 bits per heavy atom. The number of rotatable bonds is 4. The maximum Gasteiger partial charge on any atom is 0.329 e. The lowest BCUT2D eigenvalue weighted by atomic mass is 10.1. The maximum atomic E-state index is 12.9. The molecule has 0 radical (unpaired) electrons. The number of aromatic nitrogens is 4. The van der Waals surface area contributed by atoms with Gasteiger partial charge in [-0.1, -0.05) is 63.6 Å². The molecular formula is C23H15BrN4O3. The molecule has 0 fully saturated rings. The van der Waals surface area contributed by atoms with Gasteiger partial charge in [-0.25, -0.2) is 4.79 Å². The molecule has 7 nitrogen and oxygen atoms in total. The van der Waals surface area contributed by atoms with Crippen molar-refractivity contribution in [2.75, 3.05) is 0 Å². The van der Waals surface area contributed by atoms with Gasteiger partial charge >= 0.3 is 5.69 Å². The van der Waals surface area contributed by atoms with Crippen molar-refractivity contribution < 1.29 is 4.52 Å². The van der Waals surface area contributed by atoms with Crippen molar-refractivity contribution in [3.63, 3.8) is 0 Å². The van der Waals surface area contributed by atoms with Crippen LogP contribution in [0.25, 0.3) is 33.7 Å². The normalized spacial score (nSPS) is 11.1. The van der Waals surface area contributed by atoms with Crippen LogP contribution >= 0.6 is 15.9 Å². The van der Waals surface area contributed by atoms with Gasteiger partial charge < -0.3 is 9.51 Å². The van der Waals surface area contributed by atoms with Gasteiger partial charge in [0.05, 0.1) is 17.4 Å². The molecule has 0 unspecified atom stereocenters. The summed E-state index contributed by atoms with van der Waals surface area (Å²) >= 11 is 3.43. The second-order valence-electron chi connectivity index (χ2n) is 7.00. The van der Waals surface area contributed by atoms with Crippen LogP contribution in [0.2, 0.25) is 0 Å². The zero-order valence-corrected chi connectivity index (χ0v) is 17.7. The molecule has 0 aliphatic carbocycles. The Bertz CT molecular complexity index is 1520. The first-order chi connectivity index (χ1) is 15.1. The fourth-order valence-electron chi connectivity index (χ4n) is 3.38. The summed E-state index contributed by atoms with van der Waals surface area (Å²) in [4.78, 5) is 32.7. The molecule has 31 heavy (non-hydrogen) atoms. The molecule has 5 aromatic rings. The van der Waals surface area contributed by atoms with E-state index in [1.807, 2.05) is 54.6 Å². The molecule has 152 valence electrons. The number of benzene rings is 3. The van der Waals surface area contributed by atoms with Crippen molar-refractivity contribution in [1.29, 1.82) is 0 Å². The first-order valence-corrected chi connectivity index (χ1v) is 10.3. The zero-order chi connectivity index (χ0) is 21.4. The van der Waals surface area contributed by atoms with Crippen molar-refractivity contribution >= 4 is 26.8 Å². The molecule has 0 amide bonds. The molecule has 8 heteroatoms. The summed E-state index contributed by atoms with van der Waals surface area (Å²) in [5, 5.41) is 4.44. The molecule has 0 aliphatic heterocycles. The lowest BCUT2D eigenvalue weighted by molar-refractivity contribution is 0.432. The molecule has 5 rings (SSSR count). The van der Waals surface area contributed by atoms with Gasteiger partial charge in [-0.2, -0.15) is 4.98 Å². The summed E-state index contributed by atoms with van der Waals surface area (Å²) in [6.07, 6.45) is 0. The van der Waals surface area contributed by atoms with Crippen LogP contribution in [-0.4, -0.2) is 19.7 Å². The van der Waals surface area contributed by atoms with E-state index in [0.717, 1.165) is 15.6 Å². The van der Waals surface area contributed by atoms with Gasteiger partial charge in [-0.3, -0.25) is 9.36 Å². The van der Waals surface area contributed by atoms with Crippen LogP contribution in [0.5, 0.6) is 0 Å². The molecule has 0 aliphatic rings. The smallest absolute Gasteiger partial charge is 0.329 e. The predicted octanol–water partition coefficient (Wildman–Crippen LogP) is 4.22. The summed E-state index contributed by atoms with van der Waals surface area (Å²) in [7, 11) is 0. The average molecular weight is 475 g/mol. The minimum Gasteiger partial charge on any atom is -0.334 e. The van der Waals surface area contributed by atoms with Crippen molar-refractivity contribution in [1.82, 2.24) is 19.7 Å². The Hall–Kier alpha value is -3.78. The molecule has 2 aromatic heterocycles. The third-order valence-corrected chi connectivity index (χ3v) is 5.41. The van der Waals surface area contributed by atoms with E-state index in [9.17, 15) is 9.59 Å². The van der Waals surface area contributed by atoms with Crippen molar-refractivity contribution in [3.05, 3.63) is 104 Å². The van der Waals surface area contributed by atoms with Crippen LogP contribution in [0.15, 0.2) is 91.4 Å². The second kappa shape index (κ2) is 7.81. The Labute approximate surface area is 184 Å². The molecule has 2 heterocycles. The van der Waals surface area contributed by atoms with Gasteiger partial charge in [-0.05, 0) is 35.9 Å². The Balaban J connectivity index is 1.53. The Morgan fingerprint density at radius 3 is 2.58 bits per heavy atom. The van der Waals surface area contributed by atoms with Gasteiger partial charge in [0.1, 0.15) is 0 Å². The third-order valence-electron chi connectivity index (χ3n) is 4.92. The van der Waals surface area contributed by atoms with E-state index < -0.39 is 5.69 Å². The standard InChI is InChI=1S/C23H15BrN4O3/c24-17-8-4-7-15(11-17)20-26-21(31-27-20)16-9-10-18-19(12-16)25-23(30)28(22(18)29)13-14-5-2-1-3-6-14/h1-12H,13H2,(H,25,30). The maximum absolute atomic E-state index is 12.9. The highest BCUT2D eigenvalue weighted by Gasteiger charge is 2.14. The summed E-state index contributed by atoms with van der Waals surface area (Å²) in [5.74, 6) is 0.745. The van der Waals surface area contributed by atoms with Gasteiger partial charge in [0.2, 0.25) is 5.82 Å². The zero-order valence-electron chi connectivity index (χ0n) is 16.1. The molecule has 0 spiro atoms. The van der Waals surface area contributed by atoms with Gasteiger partial charge in [0.25, 0.3) is 11.4 Å². The summed E-state index contributed by atoms with van der Waals surface area (Å²) in [5.41, 5.74) is 1.88. The summed E-state index contributed by atoms with van der Waals surface area (Å²) < 4.78 is 7.50. The van der Waals surface area contributed by atoms with Crippen LogP contribution in [0.4, 0.5) is 0 Å². The van der Waals surface area contributed by atoms with Crippen molar-refractivity contribution in [3.8, 4) is 22.8 Å². The van der Waals surface area contributed by atoms with Gasteiger partial charge in [0, 0.05) is 15.6 Å². The van der Waals surface area contributed by atoms with Crippen LogP contribution in [0.3, 0.4) is 0 Å². The average Bonchev–Trinajstić information content (AvgIpc) is 3.27. The van der Waals surface area contributed by atoms with E-state index in [-0.39, 0.29) is 12.1 Å². The molecule has 3 aromatic carbocycles. The van der Waals surface area contributed by atoms with Crippen molar-refractivity contribution in [2.24, 2.45) is 0 Å². The third kappa shape index (κ3) is 3.73. The first kappa shape index (κ1) is 19.2. The highest BCUT2D eigenvalue weighted by Crippen LogP contribution is 2.25. The number of aromatic amines is 1. The lowest BCUT2D eigenvalue weighted by Crippen LogP contribution is -2.35. The van der Waals surface area contributed by atoms with Gasteiger partial charge in [-0.15, -0.1) is 0 Å². The van der Waals surface area contributed by atoms with E-state index in [2.05, 4.69) is 31.1 Å². The minimum absolute atomic E-state index is 0.201. The van der Waals surface area contributed by atoms with Crippen LogP contribution < -0.4 is 11.2 Å². The van der Waals surface area contributed by atoms with Gasteiger partial charge in [0.15, 0.2) is 0 Å². The van der Waals surface area contributed by atoms with E-state index in [1.54, 1.807) is 18.2 Å². The molecule has 0 bridgehead atoms. The number of nitrogens with one attached hydrogen (secondary N) is 1. The highest BCUT2D eigenvalue weighted by atomic mass is 79.9. The Kier molecular flexibility index (Phi) is 4.83. The molecule has 1 N–H and O–H groups in total.